The molecule has 6 heteroatoms. The van der Waals surface area contributed by atoms with Gasteiger partial charge in [-0.05, 0) is 19.1 Å². The van der Waals surface area contributed by atoms with Crippen LogP contribution in [-0.2, 0) is 9.53 Å². The first kappa shape index (κ1) is 16.9. The van der Waals surface area contributed by atoms with E-state index in [1.807, 2.05) is 41.0 Å². The summed E-state index contributed by atoms with van der Waals surface area (Å²) in [6.07, 6.45) is 0.464. The quantitative estimate of drug-likeness (QED) is 0.884. The molecule has 0 spiro atoms. The average Bonchev–Trinajstić information content (AvgIpc) is 2.63. The van der Waals surface area contributed by atoms with E-state index in [-0.39, 0.29) is 17.9 Å². The van der Waals surface area contributed by atoms with Crippen molar-refractivity contribution in [2.75, 3.05) is 45.9 Å². The number of aryl methyl sites for hydroxylation is 1. The molecule has 0 aromatic heterocycles. The number of morpholine rings is 1. The molecular weight excluding hydrogens is 306 g/mol. The van der Waals surface area contributed by atoms with Gasteiger partial charge in [0.25, 0.3) is 5.91 Å². The van der Waals surface area contributed by atoms with Crippen LogP contribution in [0.15, 0.2) is 24.3 Å². The molecule has 0 bridgehead atoms. The van der Waals surface area contributed by atoms with E-state index in [9.17, 15) is 9.59 Å². The smallest absolute Gasteiger partial charge is 0.253 e. The highest BCUT2D eigenvalue weighted by Gasteiger charge is 2.26. The number of piperazine rings is 1. The van der Waals surface area contributed by atoms with Gasteiger partial charge >= 0.3 is 0 Å². The second-order valence-electron chi connectivity index (χ2n) is 6.47. The van der Waals surface area contributed by atoms with Crippen LogP contribution in [0.1, 0.15) is 22.3 Å². The highest BCUT2D eigenvalue weighted by Crippen LogP contribution is 2.12. The Morgan fingerprint density at radius 2 is 1.79 bits per heavy atom. The zero-order valence-electron chi connectivity index (χ0n) is 14.2. The number of ether oxygens (including phenoxy) is 1. The second-order valence-corrected chi connectivity index (χ2v) is 6.47. The van der Waals surface area contributed by atoms with E-state index in [1.165, 1.54) is 0 Å². The summed E-state index contributed by atoms with van der Waals surface area (Å²) >= 11 is 0. The van der Waals surface area contributed by atoms with Crippen molar-refractivity contribution in [2.45, 2.75) is 19.4 Å². The van der Waals surface area contributed by atoms with E-state index in [0.717, 1.165) is 12.1 Å². The Kier molecular flexibility index (Phi) is 5.48. The van der Waals surface area contributed by atoms with Crippen LogP contribution in [-0.4, -0.2) is 73.6 Å². The van der Waals surface area contributed by atoms with Gasteiger partial charge in [-0.3, -0.25) is 9.59 Å². The number of hydrogen-bond donors (Lipinski definition) is 1. The zero-order chi connectivity index (χ0) is 16.9. The third kappa shape index (κ3) is 4.13. The summed E-state index contributed by atoms with van der Waals surface area (Å²) in [5, 5.41) is 3.31. The van der Waals surface area contributed by atoms with E-state index < -0.39 is 0 Å². The van der Waals surface area contributed by atoms with Crippen molar-refractivity contribution in [2.24, 2.45) is 0 Å². The van der Waals surface area contributed by atoms with Crippen LogP contribution in [0.5, 0.6) is 0 Å². The molecule has 0 saturated carbocycles. The molecule has 1 aromatic rings. The SMILES string of the molecule is Cc1ccc(C(=O)N2CCN(C(=O)CC3COCCN3)CC2)cc1. The number of carbonyl (C=O) groups excluding carboxylic acids is 2. The Labute approximate surface area is 142 Å². The lowest BCUT2D eigenvalue weighted by atomic mass is 10.1. The molecule has 24 heavy (non-hydrogen) atoms. The van der Waals surface area contributed by atoms with Crippen molar-refractivity contribution >= 4 is 11.8 Å². The summed E-state index contributed by atoms with van der Waals surface area (Å²) in [6, 6.07) is 7.74. The van der Waals surface area contributed by atoms with Gasteiger partial charge in [0, 0.05) is 50.7 Å². The Morgan fingerprint density at radius 3 is 2.42 bits per heavy atom. The van der Waals surface area contributed by atoms with Crippen molar-refractivity contribution in [1.82, 2.24) is 15.1 Å². The normalized spacial score (nSPS) is 21.6. The third-order valence-corrected chi connectivity index (χ3v) is 4.64. The van der Waals surface area contributed by atoms with Crippen LogP contribution in [0.25, 0.3) is 0 Å². The molecule has 1 aromatic carbocycles. The Hall–Kier alpha value is -1.92. The first-order valence-electron chi connectivity index (χ1n) is 8.58. The fourth-order valence-corrected chi connectivity index (χ4v) is 3.13. The number of rotatable bonds is 3. The van der Waals surface area contributed by atoms with Gasteiger partial charge in [-0.1, -0.05) is 17.7 Å². The van der Waals surface area contributed by atoms with Crippen molar-refractivity contribution in [1.29, 1.82) is 0 Å². The van der Waals surface area contributed by atoms with E-state index in [1.54, 1.807) is 0 Å². The summed E-state index contributed by atoms with van der Waals surface area (Å²) in [6.45, 7) is 6.50. The standard InChI is InChI=1S/C18H25N3O3/c1-14-2-4-15(5-3-14)18(23)21-9-7-20(8-10-21)17(22)12-16-13-24-11-6-19-16/h2-5,16,19H,6-13H2,1H3. The van der Waals surface area contributed by atoms with Gasteiger partial charge in [0.15, 0.2) is 0 Å². The predicted molar refractivity (Wildman–Crippen MR) is 90.9 cm³/mol. The molecule has 2 aliphatic rings. The first-order valence-corrected chi connectivity index (χ1v) is 8.58. The maximum absolute atomic E-state index is 12.5. The molecule has 2 amide bonds. The molecule has 0 radical (unpaired) electrons. The first-order chi connectivity index (χ1) is 11.6. The van der Waals surface area contributed by atoms with E-state index in [0.29, 0.717) is 51.4 Å². The highest BCUT2D eigenvalue weighted by molar-refractivity contribution is 5.94. The number of carbonyl (C=O) groups is 2. The molecule has 1 unspecified atom stereocenters. The van der Waals surface area contributed by atoms with Crippen LogP contribution in [0.2, 0.25) is 0 Å². The van der Waals surface area contributed by atoms with Crippen molar-refractivity contribution in [3.63, 3.8) is 0 Å². The van der Waals surface area contributed by atoms with Crippen LogP contribution < -0.4 is 5.32 Å². The van der Waals surface area contributed by atoms with Gasteiger partial charge in [-0.2, -0.15) is 0 Å². The van der Waals surface area contributed by atoms with Gasteiger partial charge in [0.2, 0.25) is 5.91 Å². The molecule has 2 saturated heterocycles. The molecule has 1 atom stereocenters. The fraction of sp³-hybridized carbons (Fsp3) is 0.556. The maximum Gasteiger partial charge on any atom is 0.253 e. The summed E-state index contributed by atoms with van der Waals surface area (Å²) < 4.78 is 5.39. The third-order valence-electron chi connectivity index (χ3n) is 4.64. The monoisotopic (exact) mass is 331 g/mol. The second kappa shape index (κ2) is 7.77. The lowest BCUT2D eigenvalue weighted by molar-refractivity contribution is -0.133. The fourth-order valence-electron chi connectivity index (χ4n) is 3.13. The maximum atomic E-state index is 12.5. The van der Waals surface area contributed by atoms with Crippen LogP contribution in [0.3, 0.4) is 0 Å². The number of amides is 2. The number of nitrogens with one attached hydrogen (secondary N) is 1. The summed E-state index contributed by atoms with van der Waals surface area (Å²) in [4.78, 5) is 28.6. The summed E-state index contributed by atoms with van der Waals surface area (Å²) in [5.74, 6) is 0.185. The molecule has 0 aliphatic carbocycles. The lowest BCUT2D eigenvalue weighted by Gasteiger charge is -2.36. The van der Waals surface area contributed by atoms with Crippen molar-refractivity contribution < 1.29 is 14.3 Å². The Morgan fingerprint density at radius 1 is 1.12 bits per heavy atom. The van der Waals surface area contributed by atoms with Gasteiger partial charge < -0.3 is 19.9 Å². The largest absolute Gasteiger partial charge is 0.378 e. The Bertz CT molecular complexity index is 574. The topological polar surface area (TPSA) is 61.9 Å². The van der Waals surface area contributed by atoms with Gasteiger partial charge in [-0.15, -0.1) is 0 Å². The van der Waals surface area contributed by atoms with Crippen LogP contribution in [0, 0.1) is 6.92 Å². The molecule has 130 valence electrons. The average molecular weight is 331 g/mol. The van der Waals surface area contributed by atoms with Gasteiger partial charge in [0.1, 0.15) is 0 Å². The van der Waals surface area contributed by atoms with E-state index in [4.69, 9.17) is 4.74 Å². The predicted octanol–water partition coefficient (Wildman–Crippen LogP) is 0.658. The molecule has 6 nitrogen and oxygen atoms in total. The minimum absolute atomic E-state index is 0.0458. The lowest BCUT2D eigenvalue weighted by Crippen LogP contribution is -2.52. The Balaban J connectivity index is 1.48. The number of nitrogens with zero attached hydrogens (tertiary/aromatic N) is 2. The highest BCUT2D eigenvalue weighted by atomic mass is 16.5. The van der Waals surface area contributed by atoms with E-state index in [2.05, 4.69) is 5.32 Å². The van der Waals surface area contributed by atoms with Crippen LogP contribution in [0.4, 0.5) is 0 Å². The minimum atomic E-state index is 0.0458. The molecule has 2 heterocycles. The summed E-state index contributed by atoms with van der Waals surface area (Å²) in [7, 11) is 0. The number of hydrogen-bond acceptors (Lipinski definition) is 4. The molecule has 2 fully saturated rings. The van der Waals surface area contributed by atoms with Gasteiger partial charge in [-0.25, -0.2) is 0 Å². The minimum Gasteiger partial charge on any atom is -0.378 e. The molecule has 2 aliphatic heterocycles. The number of benzene rings is 1. The van der Waals surface area contributed by atoms with Crippen LogP contribution >= 0.6 is 0 Å². The molecular formula is C18H25N3O3. The summed E-state index contributed by atoms with van der Waals surface area (Å²) in [5.41, 5.74) is 1.85. The molecule has 1 N–H and O–H groups in total. The van der Waals surface area contributed by atoms with Gasteiger partial charge in [0.05, 0.1) is 13.2 Å². The zero-order valence-corrected chi connectivity index (χ0v) is 14.2. The molecule has 3 rings (SSSR count). The van der Waals surface area contributed by atoms with Crippen molar-refractivity contribution in [3.05, 3.63) is 35.4 Å². The van der Waals surface area contributed by atoms with E-state index >= 15 is 0 Å². The van der Waals surface area contributed by atoms with Crippen molar-refractivity contribution in [3.8, 4) is 0 Å².